The van der Waals surface area contributed by atoms with Crippen LogP contribution in [0.1, 0.15) is 19.8 Å². The van der Waals surface area contributed by atoms with Crippen molar-refractivity contribution < 1.29 is 22.1 Å². The van der Waals surface area contributed by atoms with Crippen LogP contribution in [0, 0.1) is 0 Å². The van der Waals surface area contributed by atoms with Gasteiger partial charge in [0.2, 0.25) is 0 Å². The van der Waals surface area contributed by atoms with E-state index < -0.39 is 10.1 Å². The first-order valence-electron chi connectivity index (χ1n) is 4.56. The Balaban J connectivity index is 3.22. The quantitative estimate of drug-likeness (QED) is 0.330. The molecule has 0 spiro atoms. The fourth-order valence-corrected chi connectivity index (χ4v) is 1.26. The van der Waals surface area contributed by atoms with Gasteiger partial charge < -0.3 is 9.47 Å². The maximum atomic E-state index is 10.9. The van der Waals surface area contributed by atoms with Crippen LogP contribution in [0.15, 0.2) is 0 Å². The van der Waals surface area contributed by atoms with Crippen molar-refractivity contribution in [1.29, 1.82) is 0 Å². The minimum absolute atomic E-state index is 0.0210. The molecule has 86 valence electrons. The van der Waals surface area contributed by atoms with Crippen molar-refractivity contribution in [3.8, 4) is 0 Å². The summed E-state index contributed by atoms with van der Waals surface area (Å²) >= 11 is 0. The number of unbranched alkanes of at least 4 members (excludes halogenated alkanes) is 1. The fraction of sp³-hybridized carbons (Fsp3) is 1.00. The highest BCUT2D eigenvalue weighted by Crippen LogP contribution is 1.97. The molecule has 0 N–H and O–H groups in total. The van der Waals surface area contributed by atoms with E-state index in [4.69, 9.17) is 4.74 Å². The van der Waals surface area contributed by atoms with Crippen LogP contribution < -0.4 is 0 Å². The van der Waals surface area contributed by atoms with Crippen LogP contribution in [0.5, 0.6) is 0 Å². The molecule has 14 heavy (non-hydrogen) atoms. The van der Waals surface area contributed by atoms with Gasteiger partial charge in [0, 0.05) is 13.7 Å². The van der Waals surface area contributed by atoms with E-state index >= 15 is 0 Å². The third kappa shape index (κ3) is 8.43. The Bertz CT molecular complexity index is 212. The fourth-order valence-electron chi connectivity index (χ4n) is 0.718. The Hall–Kier alpha value is -0.170. The lowest BCUT2D eigenvalue weighted by Gasteiger charge is -2.03. The van der Waals surface area contributed by atoms with Crippen LogP contribution in [-0.4, -0.2) is 41.3 Å². The van der Waals surface area contributed by atoms with Crippen LogP contribution in [0.3, 0.4) is 0 Å². The Morgan fingerprint density at radius 1 is 1.14 bits per heavy atom. The zero-order chi connectivity index (χ0) is 10.9. The zero-order valence-corrected chi connectivity index (χ0v) is 9.51. The number of ether oxygens (including phenoxy) is 2. The first-order valence-corrected chi connectivity index (χ1v) is 6.14. The molecule has 0 fully saturated rings. The molecule has 0 saturated carbocycles. The Morgan fingerprint density at radius 3 is 2.36 bits per heavy atom. The lowest BCUT2D eigenvalue weighted by atomic mass is 10.3. The van der Waals surface area contributed by atoms with Crippen molar-refractivity contribution in [2.45, 2.75) is 19.8 Å². The van der Waals surface area contributed by atoms with Crippen LogP contribution >= 0.6 is 0 Å². The first kappa shape index (κ1) is 13.8. The molecule has 0 aromatic heterocycles. The summed E-state index contributed by atoms with van der Waals surface area (Å²) in [6.07, 6.45) is 1.44. The summed E-state index contributed by atoms with van der Waals surface area (Å²) in [6.45, 7) is 2.61. The maximum absolute atomic E-state index is 10.9. The van der Waals surface area contributed by atoms with Gasteiger partial charge in [-0.15, -0.1) is 0 Å². The molecule has 0 heterocycles. The molecule has 0 saturated heterocycles. The summed E-state index contributed by atoms with van der Waals surface area (Å²) < 4.78 is 36.1. The Labute approximate surface area is 85.5 Å². The van der Waals surface area contributed by atoms with E-state index in [0.29, 0.717) is 13.0 Å². The highest BCUT2D eigenvalue weighted by atomic mass is 32.2. The molecule has 0 rings (SSSR count). The van der Waals surface area contributed by atoms with E-state index in [1.165, 1.54) is 0 Å². The van der Waals surface area contributed by atoms with Gasteiger partial charge in [-0.05, 0) is 19.8 Å². The van der Waals surface area contributed by atoms with Crippen molar-refractivity contribution in [2.24, 2.45) is 0 Å². The summed E-state index contributed by atoms with van der Waals surface area (Å²) in [4.78, 5) is 0. The minimum atomic E-state index is -3.28. The molecule has 0 unspecified atom stereocenters. The molecule has 0 aliphatic heterocycles. The van der Waals surface area contributed by atoms with E-state index in [1.807, 2.05) is 0 Å². The molecular formula is C8H18O5S. The second-order valence-corrected chi connectivity index (χ2v) is 4.62. The molecule has 0 radical (unpaired) electrons. The number of methoxy groups -OCH3 is 1. The highest BCUT2D eigenvalue weighted by molar-refractivity contribution is 7.86. The molecule has 0 amide bonds. The van der Waals surface area contributed by atoms with Gasteiger partial charge in [-0.1, -0.05) is 0 Å². The molecule has 0 atom stereocenters. The van der Waals surface area contributed by atoms with Gasteiger partial charge >= 0.3 is 0 Å². The molecule has 5 nitrogen and oxygen atoms in total. The number of rotatable bonds is 9. The highest BCUT2D eigenvalue weighted by Gasteiger charge is 2.05. The van der Waals surface area contributed by atoms with Crippen LogP contribution in [0.2, 0.25) is 0 Å². The molecule has 0 bridgehead atoms. The zero-order valence-electron chi connectivity index (χ0n) is 8.69. The maximum Gasteiger partial charge on any atom is 0.267 e. The average Bonchev–Trinajstić information content (AvgIpc) is 2.16. The third-order valence-corrected chi connectivity index (χ3v) is 2.73. The van der Waals surface area contributed by atoms with Crippen molar-refractivity contribution in [2.75, 3.05) is 32.9 Å². The van der Waals surface area contributed by atoms with Gasteiger partial charge in [0.25, 0.3) is 10.1 Å². The second-order valence-electron chi connectivity index (χ2n) is 2.69. The third-order valence-electron chi connectivity index (χ3n) is 1.50. The van der Waals surface area contributed by atoms with Crippen LogP contribution in [0.4, 0.5) is 0 Å². The summed E-state index contributed by atoms with van der Waals surface area (Å²) in [7, 11) is -1.73. The van der Waals surface area contributed by atoms with Gasteiger partial charge in [-0.3, -0.25) is 4.18 Å². The summed E-state index contributed by atoms with van der Waals surface area (Å²) in [5.41, 5.74) is 0. The predicted molar refractivity (Wildman–Crippen MR) is 52.5 cm³/mol. The van der Waals surface area contributed by atoms with E-state index in [2.05, 4.69) is 8.92 Å². The van der Waals surface area contributed by atoms with Crippen LogP contribution in [0.25, 0.3) is 0 Å². The van der Waals surface area contributed by atoms with E-state index in [-0.39, 0.29) is 19.2 Å². The Morgan fingerprint density at radius 2 is 1.79 bits per heavy atom. The molecule has 0 aromatic carbocycles. The SMILES string of the molecule is CCS(=O)(=O)OCCCCOCOC. The van der Waals surface area contributed by atoms with Crippen molar-refractivity contribution in [1.82, 2.24) is 0 Å². The molecule has 0 aromatic rings. The van der Waals surface area contributed by atoms with Crippen LogP contribution in [-0.2, 0) is 23.8 Å². The van der Waals surface area contributed by atoms with Crippen molar-refractivity contribution >= 4 is 10.1 Å². The van der Waals surface area contributed by atoms with Gasteiger partial charge in [0.05, 0.1) is 12.4 Å². The predicted octanol–water partition coefficient (Wildman–Crippen LogP) is 0.753. The van der Waals surface area contributed by atoms with Gasteiger partial charge in [0.15, 0.2) is 0 Å². The Kier molecular flexibility index (Phi) is 8.07. The topological polar surface area (TPSA) is 61.8 Å². The normalized spacial score (nSPS) is 11.9. The first-order chi connectivity index (χ1) is 6.62. The smallest absolute Gasteiger partial charge is 0.267 e. The monoisotopic (exact) mass is 226 g/mol. The largest absolute Gasteiger partial charge is 0.359 e. The summed E-state index contributed by atoms with van der Waals surface area (Å²) in [6, 6.07) is 0. The molecule has 0 aliphatic carbocycles. The molecular weight excluding hydrogens is 208 g/mol. The van der Waals surface area contributed by atoms with E-state index in [9.17, 15) is 8.42 Å². The summed E-state index contributed by atoms with van der Waals surface area (Å²) in [5.74, 6) is 0.0210. The van der Waals surface area contributed by atoms with Crippen molar-refractivity contribution in [3.05, 3.63) is 0 Å². The number of hydrogen-bond donors (Lipinski definition) is 0. The van der Waals surface area contributed by atoms with Gasteiger partial charge in [0.1, 0.15) is 6.79 Å². The average molecular weight is 226 g/mol. The van der Waals surface area contributed by atoms with Crippen molar-refractivity contribution in [3.63, 3.8) is 0 Å². The number of hydrogen-bond acceptors (Lipinski definition) is 5. The van der Waals surface area contributed by atoms with E-state index in [0.717, 1.165) is 6.42 Å². The molecule has 0 aliphatic rings. The second kappa shape index (κ2) is 8.16. The van der Waals surface area contributed by atoms with Gasteiger partial charge in [-0.2, -0.15) is 8.42 Å². The lowest BCUT2D eigenvalue weighted by molar-refractivity contribution is -0.0319. The summed E-state index contributed by atoms with van der Waals surface area (Å²) in [5, 5.41) is 0. The standard InChI is InChI=1S/C8H18O5S/c1-3-14(9,10)13-7-5-4-6-12-8-11-2/h3-8H2,1-2H3. The lowest BCUT2D eigenvalue weighted by Crippen LogP contribution is -2.09. The van der Waals surface area contributed by atoms with E-state index in [1.54, 1.807) is 14.0 Å². The minimum Gasteiger partial charge on any atom is -0.359 e. The molecule has 6 heteroatoms. The van der Waals surface area contributed by atoms with Gasteiger partial charge in [-0.25, -0.2) is 0 Å².